The summed E-state index contributed by atoms with van der Waals surface area (Å²) in [7, 11) is 0. The van der Waals surface area contributed by atoms with E-state index in [1.165, 1.54) is 0 Å². The number of nitrogens with zero attached hydrogens (tertiary/aromatic N) is 1. The molecule has 0 aromatic carbocycles. The molecule has 1 aliphatic rings. The molecule has 16 heavy (non-hydrogen) atoms. The molecule has 0 amide bonds. The van der Waals surface area contributed by atoms with Crippen LogP contribution in [-0.4, -0.2) is 34.4 Å². The quantitative estimate of drug-likeness (QED) is 0.723. The zero-order valence-electron chi connectivity index (χ0n) is 7.90. The topological polar surface area (TPSA) is 61.7 Å². The average molecular weight is 246 g/mol. The molecule has 0 spiro atoms. The highest BCUT2D eigenvalue weighted by Crippen LogP contribution is 2.40. The third-order valence-corrected chi connectivity index (χ3v) is 2.15. The van der Waals surface area contributed by atoms with Crippen molar-refractivity contribution in [2.24, 2.45) is 5.10 Å². The molecule has 0 saturated carbocycles. The van der Waals surface area contributed by atoms with E-state index in [0.717, 1.165) is 6.92 Å². The lowest BCUT2D eigenvalue weighted by atomic mass is 9.94. The molecule has 0 bridgehead atoms. The van der Waals surface area contributed by atoms with Gasteiger partial charge in [-0.2, -0.15) is 27.1 Å². The first-order chi connectivity index (χ1) is 7.01. The Bertz CT molecular complexity index is 351. The van der Waals surface area contributed by atoms with E-state index in [9.17, 15) is 26.7 Å². The summed E-state index contributed by atoms with van der Waals surface area (Å²) in [5.74, 6) is -6.67. The van der Waals surface area contributed by atoms with Gasteiger partial charge in [-0.15, -0.1) is 0 Å². The van der Waals surface area contributed by atoms with Crippen molar-refractivity contribution in [2.45, 2.75) is 31.0 Å². The number of nitrogens with one attached hydrogen (secondary N) is 1. The summed E-state index contributed by atoms with van der Waals surface area (Å²) in [6, 6.07) is 0. The number of hydrogen-bond acceptors (Lipinski definition) is 3. The number of hydrazone groups is 1. The first kappa shape index (κ1) is 12.7. The van der Waals surface area contributed by atoms with Crippen LogP contribution in [0.2, 0.25) is 0 Å². The fourth-order valence-electron chi connectivity index (χ4n) is 1.07. The van der Waals surface area contributed by atoms with Crippen LogP contribution in [0.25, 0.3) is 0 Å². The lowest BCUT2D eigenvalue weighted by Crippen LogP contribution is -2.47. The lowest BCUT2D eigenvalue weighted by Gasteiger charge is -2.21. The predicted octanol–water partition coefficient (Wildman–Crippen LogP) is 1.38. The summed E-state index contributed by atoms with van der Waals surface area (Å²) >= 11 is 0. The number of carboxylic acids is 1. The number of aliphatic carboxylic acids is 1. The second kappa shape index (κ2) is 3.29. The molecule has 92 valence electrons. The standard InChI is InChI=1S/C7H7F5N2O2/c1-5(4(15)16)2-3(13-14-5)6(8,9)7(10,11)12/h14H,2H2,1H3,(H,15,16). The van der Waals surface area contributed by atoms with Gasteiger partial charge in [0.15, 0.2) is 5.54 Å². The first-order valence-electron chi connectivity index (χ1n) is 4.03. The maximum absolute atomic E-state index is 12.8. The Morgan fingerprint density at radius 3 is 2.25 bits per heavy atom. The highest BCUT2D eigenvalue weighted by molar-refractivity contribution is 5.98. The molecule has 0 radical (unpaired) electrons. The summed E-state index contributed by atoms with van der Waals surface area (Å²) in [4.78, 5) is 10.6. The van der Waals surface area contributed by atoms with Crippen molar-refractivity contribution in [1.82, 2.24) is 5.43 Å². The van der Waals surface area contributed by atoms with Crippen LogP contribution in [-0.2, 0) is 4.79 Å². The minimum Gasteiger partial charge on any atom is -0.479 e. The van der Waals surface area contributed by atoms with Gasteiger partial charge >= 0.3 is 18.1 Å². The second-order valence-electron chi connectivity index (χ2n) is 3.56. The molecule has 1 rings (SSSR count). The van der Waals surface area contributed by atoms with Crippen molar-refractivity contribution < 1.29 is 31.9 Å². The average Bonchev–Trinajstić information content (AvgIpc) is 2.47. The highest BCUT2D eigenvalue weighted by Gasteiger charge is 2.63. The highest BCUT2D eigenvalue weighted by atomic mass is 19.4. The van der Waals surface area contributed by atoms with E-state index in [1.807, 2.05) is 0 Å². The van der Waals surface area contributed by atoms with Gasteiger partial charge < -0.3 is 5.11 Å². The smallest absolute Gasteiger partial charge is 0.459 e. The molecule has 0 saturated heterocycles. The number of hydrogen-bond donors (Lipinski definition) is 2. The van der Waals surface area contributed by atoms with E-state index < -0.39 is 35.7 Å². The summed E-state index contributed by atoms with van der Waals surface area (Å²) < 4.78 is 61.3. The Morgan fingerprint density at radius 2 is 1.94 bits per heavy atom. The Balaban J connectivity index is 2.93. The van der Waals surface area contributed by atoms with Crippen molar-refractivity contribution >= 4 is 11.7 Å². The fourth-order valence-corrected chi connectivity index (χ4v) is 1.07. The summed E-state index contributed by atoms with van der Waals surface area (Å²) in [6.45, 7) is 0.971. The largest absolute Gasteiger partial charge is 0.479 e. The van der Waals surface area contributed by atoms with Crippen LogP contribution in [0, 0.1) is 0 Å². The Kier molecular flexibility index (Phi) is 2.60. The molecular weight excluding hydrogens is 239 g/mol. The van der Waals surface area contributed by atoms with Crippen LogP contribution in [0.1, 0.15) is 13.3 Å². The second-order valence-corrected chi connectivity index (χ2v) is 3.56. The monoisotopic (exact) mass is 246 g/mol. The summed E-state index contributed by atoms with van der Waals surface area (Å²) in [5.41, 5.74) is -1.68. The van der Waals surface area contributed by atoms with Crippen molar-refractivity contribution in [3.05, 3.63) is 0 Å². The van der Waals surface area contributed by atoms with Gasteiger partial charge in [-0.25, -0.2) is 4.79 Å². The molecule has 0 aliphatic carbocycles. The maximum Gasteiger partial charge on any atom is 0.459 e. The third kappa shape index (κ3) is 1.81. The van der Waals surface area contributed by atoms with Crippen LogP contribution in [0.3, 0.4) is 0 Å². The minimum absolute atomic E-state index is 0.971. The molecule has 4 nitrogen and oxygen atoms in total. The van der Waals surface area contributed by atoms with E-state index >= 15 is 0 Å². The van der Waals surface area contributed by atoms with E-state index in [1.54, 1.807) is 5.43 Å². The zero-order chi connectivity index (χ0) is 12.8. The normalized spacial score (nSPS) is 26.2. The van der Waals surface area contributed by atoms with Crippen LogP contribution in [0.5, 0.6) is 0 Å². The van der Waals surface area contributed by atoms with Crippen molar-refractivity contribution in [1.29, 1.82) is 0 Å². The van der Waals surface area contributed by atoms with Gasteiger partial charge in [0.25, 0.3) is 0 Å². The Hall–Kier alpha value is -1.41. The summed E-state index contributed by atoms with van der Waals surface area (Å²) in [6.07, 6.45) is -6.79. The molecule has 1 heterocycles. The van der Waals surface area contributed by atoms with Gasteiger partial charge in [0.1, 0.15) is 5.71 Å². The predicted molar refractivity (Wildman–Crippen MR) is 42.2 cm³/mol. The number of alkyl halides is 5. The third-order valence-electron chi connectivity index (χ3n) is 2.15. The van der Waals surface area contributed by atoms with Gasteiger partial charge in [0.05, 0.1) is 0 Å². The fraction of sp³-hybridized carbons (Fsp3) is 0.714. The first-order valence-corrected chi connectivity index (χ1v) is 4.03. The molecule has 1 atom stereocenters. The number of carboxylic acid groups (broad SMARTS) is 1. The zero-order valence-corrected chi connectivity index (χ0v) is 7.90. The maximum atomic E-state index is 12.8. The lowest BCUT2D eigenvalue weighted by molar-refractivity contribution is -0.249. The molecule has 0 aromatic heterocycles. The van der Waals surface area contributed by atoms with Gasteiger partial charge in [-0.1, -0.05) is 0 Å². The van der Waals surface area contributed by atoms with E-state index in [-0.39, 0.29) is 0 Å². The van der Waals surface area contributed by atoms with Crippen LogP contribution in [0.4, 0.5) is 22.0 Å². The minimum atomic E-state index is -5.78. The van der Waals surface area contributed by atoms with Gasteiger partial charge in [-0.3, -0.25) is 5.43 Å². The number of halogens is 5. The molecule has 9 heteroatoms. The molecule has 1 aliphatic heterocycles. The molecule has 0 fully saturated rings. The number of carbonyl (C=O) groups is 1. The van der Waals surface area contributed by atoms with E-state index in [2.05, 4.69) is 5.10 Å². The molecule has 2 N–H and O–H groups in total. The Morgan fingerprint density at radius 1 is 1.44 bits per heavy atom. The number of rotatable bonds is 2. The van der Waals surface area contributed by atoms with Gasteiger partial charge in [0.2, 0.25) is 0 Å². The van der Waals surface area contributed by atoms with Crippen LogP contribution in [0.15, 0.2) is 5.10 Å². The van der Waals surface area contributed by atoms with Crippen LogP contribution < -0.4 is 5.43 Å². The van der Waals surface area contributed by atoms with Gasteiger partial charge in [-0.05, 0) is 6.92 Å². The van der Waals surface area contributed by atoms with Crippen molar-refractivity contribution in [2.75, 3.05) is 0 Å². The SMILES string of the molecule is CC1(C(=O)O)CC(C(F)(F)C(F)(F)F)=NN1. The Labute approximate surface area is 86.1 Å². The molecule has 0 aromatic rings. The van der Waals surface area contributed by atoms with E-state index in [4.69, 9.17) is 5.11 Å². The van der Waals surface area contributed by atoms with Crippen molar-refractivity contribution in [3.8, 4) is 0 Å². The molecule has 1 unspecified atom stereocenters. The summed E-state index contributed by atoms with van der Waals surface area (Å²) in [5, 5.41) is 11.4. The molecular formula is C7H7F5N2O2. The van der Waals surface area contributed by atoms with Crippen LogP contribution >= 0.6 is 0 Å². The van der Waals surface area contributed by atoms with Gasteiger partial charge in [0, 0.05) is 6.42 Å². The van der Waals surface area contributed by atoms with Crippen molar-refractivity contribution in [3.63, 3.8) is 0 Å². The van der Waals surface area contributed by atoms with E-state index in [0.29, 0.717) is 0 Å².